The van der Waals surface area contributed by atoms with Crippen LogP contribution < -0.4 is 0 Å². The minimum absolute atomic E-state index is 0.581. The molecule has 0 radical (unpaired) electrons. The highest BCUT2D eigenvalue weighted by molar-refractivity contribution is 5.78. The fraction of sp³-hybridized carbons (Fsp3) is 0.400. The molecule has 0 unspecified atom stereocenters. The van der Waals surface area contributed by atoms with Crippen molar-refractivity contribution >= 4 is 10.9 Å². The van der Waals surface area contributed by atoms with E-state index in [1.165, 1.54) is 30.3 Å². The molecule has 0 saturated carbocycles. The number of pyridine rings is 1. The summed E-state index contributed by atoms with van der Waals surface area (Å²) in [4.78, 5) is 7.12. The molecule has 1 atom stereocenters. The third kappa shape index (κ3) is 1.93. The zero-order chi connectivity index (χ0) is 11.7. The lowest BCUT2D eigenvalue weighted by Crippen LogP contribution is -2.22. The minimum atomic E-state index is 0.581. The van der Waals surface area contributed by atoms with E-state index in [1.807, 2.05) is 6.07 Å². The molecule has 1 aliphatic heterocycles. The van der Waals surface area contributed by atoms with Crippen molar-refractivity contribution in [2.75, 3.05) is 13.1 Å². The van der Waals surface area contributed by atoms with Crippen molar-refractivity contribution in [3.05, 3.63) is 42.1 Å². The predicted molar refractivity (Wildman–Crippen MR) is 71.0 cm³/mol. The third-order valence-corrected chi connectivity index (χ3v) is 3.77. The summed E-state index contributed by atoms with van der Waals surface area (Å²) >= 11 is 0. The second-order valence-corrected chi connectivity index (χ2v) is 4.75. The van der Waals surface area contributed by atoms with E-state index in [0.29, 0.717) is 6.04 Å². The number of nitrogens with zero attached hydrogens (tertiary/aromatic N) is 2. The molecule has 0 bridgehead atoms. The Kier molecular flexibility index (Phi) is 2.81. The third-order valence-electron chi connectivity index (χ3n) is 3.77. The summed E-state index contributed by atoms with van der Waals surface area (Å²) < 4.78 is 0. The Hall–Kier alpha value is -1.41. The second kappa shape index (κ2) is 4.46. The molecule has 1 aliphatic rings. The fourth-order valence-corrected chi connectivity index (χ4v) is 2.85. The molecule has 0 amide bonds. The van der Waals surface area contributed by atoms with Crippen molar-refractivity contribution in [2.45, 2.75) is 25.8 Å². The largest absolute Gasteiger partial charge is 0.297 e. The van der Waals surface area contributed by atoms with Crippen LogP contribution in [0.2, 0.25) is 0 Å². The van der Waals surface area contributed by atoms with Gasteiger partial charge in [0.1, 0.15) is 0 Å². The predicted octanol–water partition coefficient (Wildman–Crippen LogP) is 3.39. The Balaban J connectivity index is 2.00. The molecule has 2 nitrogen and oxygen atoms in total. The van der Waals surface area contributed by atoms with E-state index in [1.54, 1.807) is 0 Å². The molecule has 17 heavy (non-hydrogen) atoms. The van der Waals surface area contributed by atoms with Gasteiger partial charge in [-0.2, -0.15) is 0 Å². The summed E-state index contributed by atoms with van der Waals surface area (Å²) in [7, 11) is 0. The molecule has 0 aliphatic carbocycles. The van der Waals surface area contributed by atoms with E-state index >= 15 is 0 Å². The molecular formula is C15H18N2. The molecule has 88 valence electrons. The van der Waals surface area contributed by atoms with E-state index in [2.05, 4.69) is 47.3 Å². The van der Waals surface area contributed by atoms with Gasteiger partial charge in [0.15, 0.2) is 0 Å². The summed E-state index contributed by atoms with van der Waals surface area (Å²) in [5.41, 5.74) is 2.47. The highest BCUT2D eigenvalue weighted by Gasteiger charge is 2.24. The first-order valence-corrected chi connectivity index (χ1v) is 6.47. The Morgan fingerprint density at radius 2 is 2.24 bits per heavy atom. The maximum Gasteiger partial charge on any atom is 0.0702 e. The number of para-hydroxylation sites is 1. The molecule has 0 spiro atoms. The van der Waals surface area contributed by atoms with Gasteiger partial charge in [-0.15, -0.1) is 0 Å². The zero-order valence-electron chi connectivity index (χ0n) is 10.3. The fourth-order valence-electron chi connectivity index (χ4n) is 2.85. The van der Waals surface area contributed by atoms with E-state index < -0.39 is 0 Å². The average Bonchev–Trinajstić information content (AvgIpc) is 2.86. The van der Waals surface area contributed by atoms with Crippen LogP contribution in [0.1, 0.15) is 31.4 Å². The number of benzene rings is 1. The number of likely N-dealkylation sites (tertiary alicyclic amines) is 1. The Morgan fingerprint density at radius 3 is 3.12 bits per heavy atom. The molecule has 2 aromatic rings. The minimum Gasteiger partial charge on any atom is -0.297 e. The molecule has 1 aromatic carbocycles. The number of hydrogen-bond donors (Lipinski definition) is 0. The van der Waals surface area contributed by atoms with Crippen LogP contribution in [0.3, 0.4) is 0 Å². The van der Waals surface area contributed by atoms with Crippen LogP contribution in [0.25, 0.3) is 10.9 Å². The van der Waals surface area contributed by atoms with Gasteiger partial charge in [0.25, 0.3) is 0 Å². The molecule has 1 aromatic heterocycles. The van der Waals surface area contributed by atoms with Crippen LogP contribution in [0, 0.1) is 0 Å². The standard InChI is InChI=1S/C15H18N2/c1-2-17-9-5-8-15(17)13-10-12-6-3-4-7-14(12)16-11-13/h3-4,6-7,10-11,15H,2,5,8-9H2,1H3/t15-/m0/s1. The average molecular weight is 226 g/mol. The normalized spacial score (nSPS) is 21.1. The maximum atomic E-state index is 4.57. The first kappa shape index (κ1) is 10.7. The lowest BCUT2D eigenvalue weighted by atomic mass is 10.0. The van der Waals surface area contributed by atoms with Gasteiger partial charge in [0.2, 0.25) is 0 Å². The van der Waals surface area contributed by atoms with E-state index in [4.69, 9.17) is 0 Å². The smallest absolute Gasteiger partial charge is 0.0702 e. The van der Waals surface area contributed by atoms with E-state index in [0.717, 1.165) is 12.1 Å². The van der Waals surface area contributed by atoms with Gasteiger partial charge in [-0.05, 0) is 43.6 Å². The topological polar surface area (TPSA) is 16.1 Å². The molecular weight excluding hydrogens is 208 g/mol. The van der Waals surface area contributed by atoms with Gasteiger partial charge in [-0.3, -0.25) is 9.88 Å². The highest BCUT2D eigenvalue weighted by Crippen LogP contribution is 2.32. The van der Waals surface area contributed by atoms with Crippen LogP contribution in [-0.2, 0) is 0 Å². The Labute approximate surface area is 102 Å². The highest BCUT2D eigenvalue weighted by atomic mass is 15.2. The van der Waals surface area contributed by atoms with Crippen LogP contribution in [0.15, 0.2) is 36.5 Å². The number of aromatic nitrogens is 1. The molecule has 1 saturated heterocycles. The van der Waals surface area contributed by atoms with E-state index in [-0.39, 0.29) is 0 Å². The monoisotopic (exact) mass is 226 g/mol. The zero-order valence-corrected chi connectivity index (χ0v) is 10.3. The van der Waals surface area contributed by atoms with Gasteiger partial charge in [0, 0.05) is 17.6 Å². The Bertz CT molecular complexity index is 521. The summed E-state index contributed by atoms with van der Waals surface area (Å²) in [5, 5.41) is 1.26. The van der Waals surface area contributed by atoms with Gasteiger partial charge < -0.3 is 0 Å². The van der Waals surface area contributed by atoms with Crippen LogP contribution in [0.5, 0.6) is 0 Å². The lowest BCUT2D eigenvalue weighted by Gasteiger charge is -2.22. The van der Waals surface area contributed by atoms with Crippen molar-refractivity contribution in [2.24, 2.45) is 0 Å². The van der Waals surface area contributed by atoms with Crippen molar-refractivity contribution < 1.29 is 0 Å². The van der Waals surface area contributed by atoms with Crippen molar-refractivity contribution in [3.63, 3.8) is 0 Å². The lowest BCUT2D eigenvalue weighted by molar-refractivity contribution is 0.271. The van der Waals surface area contributed by atoms with Gasteiger partial charge >= 0.3 is 0 Å². The Morgan fingerprint density at radius 1 is 1.35 bits per heavy atom. The van der Waals surface area contributed by atoms with Gasteiger partial charge in [0.05, 0.1) is 5.52 Å². The molecule has 0 N–H and O–H groups in total. The van der Waals surface area contributed by atoms with Gasteiger partial charge in [-0.1, -0.05) is 25.1 Å². The summed E-state index contributed by atoms with van der Waals surface area (Å²) in [5.74, 6) is 0. The van der Waals surface area contributed by atoms with Gasteiger partial charge in [-0.25, -0.2) is 0 Å². The van der Waals surface area contributed by atoms with Crippen molar-refractivity contribution in [1.82, 2.24) is 9.88 Å². The molecule has 2 heteroatoms. The van der Waals surface area contributed by atoms with Crippen LogP contribution >= 0.6 is 0 Å². The number of hydrogen-bond acceptors (Lipinski definition) is 2. The summed E-state index contributed by atoms with van der Waals surface area (Å²) in [6, 6.07) is 11.2. The van der Waals surface area contributed by atoms with E-state index in [9.17, 15) is 0 Å². The van der Waals surface area contributed by atoms with Crippen molar-refractivity contribution in [1.29, 1.82) is 0 Å². The van der Waals surface area contributed by atoms with Crippen LogP contribution in [-0.4, -0.2) is 23.0 Å². The van der Waals surface area contributed by atoms with Crippen LogP contribution in [0.4, 0.5) is 0 Å². The SMILES string of the molecule is CCN1CCC[C@H]1c1cnc2ccccc2c1. The second-order valence-electron chi connectivity index (χ2n) is 4.75. The molecule has 2 heterocycles. The quantitative estimate of drug-likeness (QED) is 0.780. The molecule has 3 rings (SSSR count). The van der Waals surface area contributed by atoms with Crippen molar-refractivity contribution in [3.8, 4) is 0 Å². The number of rotatable bonds is 2. The number of fused-ring (bicyclic) bond motifs is 1. The first-order valence-electron chi connectivity index (χ1n) is 6.47. The summed E-state index contributed by atoms with van der Waals surface area (Å²) in [6.45, 7) is 4.61. The maximum absolute atomic E-state index is 4.57. The molecule has 1 fully saturated rings. The first-order chi connectivity index (χ1) is 8.38. The summed E-state index contributed by atoms with van der Waals surface area (Å²) in [6.07, 6.45) is 4.64.